The Kier molecular flexibility index (Phi) is 4.49. The third-order valence-corrected chi connectivity index (χ3v) is 4.66. The van der Waals surface area contributed by atoms with E-state index in [9.17, 15) is 13.2 Å². The second kappa shape index (κ2) is 5.45. The van der Waals surface area contributed by atoms with Gasteiger partial charge in [0.05, 0.1) is 5.75 Å². The highest BCUT2D eigenvalue weighted by Crippen LogP contribution is 2.09. The van der Waals surface area contributed by atoms with Crippen LogP contribution in [0.15, 0.2) is 12.7 Å². The fourth-order valence-electron chi connectivity index (χ4n) is 1.70. The standard InChI is InChI=1S/C10H18N2O3S/c1-3-9-16(14,15)12-7-5-11(6-8-12)10(13)4-2/h4H,2-3,5-9H2,1H3. The second-order valence-electron chi connectivity index (χ2n) is 3.74. The maximum atomic E-state index is 11.7. The Labute approximate surface area is 96.8 Å². The summed E-state index contributed by atoms with van der Waals surface area (Å²) in [5.41, 5.74) is 0. The molecule has 0 aromatic heterocycles. The van der Waals surface area contributed by atoms with Crippen LogP contribution in [-0.2, 0) is 14.8 Å². The van der Waals surface area contributed by atoms with Crippen LogP contribution in [0.5, 0.6) is 0 Å². The van der Waals surface area contributed by atoms with Gasteiger partial charge in [0.25, 0.3) is 0 Å². The molecule has 6 heteroatoms. The van der Waals surface area contributed by atoms with Gasteiger partial charge in [-0.05, 0) is 12.5 Å². The molecule has 92 valence electrons. The molecule has 0 spiro atoms. The van der Waals surface area contributed by atoms with Crippen molar-refractivity contribution in [3.8, 4) is 0 Å². The van der Waals surface area contributed by atoms with E-state index in [2.05, 4.69) is 6.58 Å². The van der Waals surface area contributed by atoms with E-state index >= 15 is 0 Å². The van der Waals surface area contributed by atoms with Gasteiger partial charge in [-0.25, -0.2) is 8.42 Å². The molecule has 0 radical (unpaired) electrons. The summed E-state index contributed by atoms with van der Waals surface area (Å²) in [4.78, 5) is 12.9. The van der Waals surface area contributed by atoms with Gasteiger partial charge in [0.15, 0.2) is 0 Å². The number of hydrogen-bond donors (Lipinski definition) is 0. The van der Waals surface area contributed by atoms with E-state index in [1.165, 1.54) is 10.4 Å². The molecule has 0 N–H and O–H groups in total. The number of carbonyl (C=O) groups is 1. The summed E-state index contributed by atoms with van der Waals surface area (Å²) in [7, 11) is -3.12. The van der Waals surface area contributed by atoms with Crippen LogP contribution in [-0.4, -0.2) is 55.5 Å². The van der Waals surface area contributed by atoms with Crippen LogP contribution in [0.3, 0.4) is 0 Å². The van der Waals surface area contributed by atoms with Crippen LogP contribution >= 0.6 is 0 Å². The maximum Gasteiger partial charge on any atom is 0.246 e. The van der Waals surface area contributed by atoms with Gasteiger partial charge < -0.3 is 4.90 Å². The lowest BCUT2D eigenvalue weighted by Gasteiger charge is -2.33. The number of sulfonamides is 1. The molecule has 1 fully saturated rings. The first-order valence-electron chi connectivity index (χ1n) is 5.40. The Morgan fingerprint density at radius 1 is 1.31 bits per heavy atom. The van der Waals surface area contributed by atoms with Crippen molar-refractivity contribution >= 4 is 15.9 Å². The summed E-state index contributed by atoms with van der Waals surface area (Å²) in [6.45, 7) is 6.94. The molecule has 0 atom stereocenters. The van der Waals surface area contributed by atoms with Gasteiger partial charge in [-0.3, -0.25) is 4.79 Å². The zero-order valence-electron chi connectivity index (χ0n) is 9.55. The van der Waals surface area contributed by atoms with Crippen molar-refractivity contribution in [2.75, 3.05) is 31.9 Å². The fourth-order valence-corrected chi connectivity index (χ4v) is 3.20. The number of carbonyl (C=O) groups excluding carboxylic acids is 1. The number of rotatable bonds is 4. The highest BCUT2D eigenvalue weighted by Gasteiger charge is 2.27. The van der Waals surface area contributed by atoms with Gasteiger partial charge >= 0.3 is 0 Å². The first-order chi connectivity index (χ1) is 7.51. The van der Waals surface area contributed by atoms with Crippen molar-refractivity contribution in [2.45, 2.75) is 13.3 Å². The zero-order valence-corrected chi connectivity index (χ0v) is 10.4. The summed E-state index contributed by atoms with van der Waals surface area (Å²) < 4.78 is 24.9. The number of piperazine rings is 1. The minimum Gasteiger partial charge on any atom is -0.337 e. The fraction of sp³-hybridized carbons (Fsp3) is 0.700. The number of hydrogen-bond acceptors (Lipinski definition) is 3. The molecule has 0 aliphatic carbocycles. The smallest absolute Gasteiger partial charge is 0.246 e. The number of amides is 1. The van der Waals surface area contributed by atoms with Gasteiger partial charge in [-0.1, -0.05) is 13.5 Å². The van der Waals surface area contributed by atoms with Gasteiger partial charge in [-0.2, -0.15) is 4.31 Å². The van der Waals surface area contributed by atoms with E-state index in [1.807, 2.05) is 6.92 Å². The quantitative estimate of drug-likeness (QED) is 0.659. The summed E-state index contributed by atoms with van der Waals surface area (Å²) >= 11 is 0. The van der Waals surface area contributed by atoms with Crippen LogP contribution in [0.25, 0.3) is 0 Å². The molecule has 1 saturated heterocycles. The molecule has 0 bridgehead atoms. The number of nitrogens with zero attached hydrogens (tertiary/aromatic N) is 2. The summed E-state index contributed by atoms with van der Waals surface area (Å²) in [5, 5.41) is 0. The molecule has 1 aliphatic rings. The summed E-state index contributed by atoms with van der Waals surface area (Å²) in [6, 6.07) is 0. The van der Waals surface area contributed by atoms with Crippen molar-refractivity contribution in [3.05, 3.63) is 12.7 Å². The minimum atomic E-state index is -3.12. The largest absolute Gasteiger partial charge is 0.337 e. The average Bonchev–Trinajstić information content (AvgIpc) is 2.28. The first-order valence-corrected chi connectivity index (χ1v) is 7.01. The van der Waals surface area contributed by atoms with Gasteiger partial charge in [0.2, 0.25) is 15.9 Å². The average molecular weight is 246 g/mol. The summed E-state index contributed by atoms with van der Waals surface area (Å²) in [6.07, 6.45) is 1.88. The van der Waals surface area contributed by atoms with Crippen LogP contribution in [0.4, 0.5) is 0 Å². The molecule has 0 unspecified atom stereocenters. The lowest BCUT2D eigenvalue weighted by molar-refractivity contribution is -0.127. The first kappa shape index (κ1) is 13.2. The molecule has 0 aromatic rings. The lowest BCUT2D eigenvalue weighted by atomic mass is 10.3. The van der Waals surface area contributed by atoms with Crippen molar-refractivity contribution < 1.29 is 13.2 Å². The molecule has 1 heterocycles. The Morgan fingerprint density at radius 2 is 1.88 bits per heavy atom. The van der Waals surface area contributed by atoms with E-state index in [4.69, 9.17) is 0 Å². The summed E-state index contributed by atoms with van der Waals surface area (Å²) in [5.74, 6) is 0.0510. The molecular formula is C10H18N2O3S. The Hall–Kier alpha value is -0.880. The van der Waals surface area contributed by atoms with Crippen molar-refractivity contribution in [2.24, 2.45) is 0 Å². The van der Waals surface area contributed by atoms with Gasteiger partial charge in [0, 0.05) is 26.2 Å². The third-order valence-electron chi connectivity index (χ3n) is 2.58. The van der Waals surface area contributed by atoms with Crippen molar-refractivity contribution in [3.63, 3.8) is 0 Å². The van der Waals surface area contributed by atoms with E-state index < -0.39 is 10.0 Å². The topological polar surface area (TPSA) is 57.7 Å². The molecule has 0 aromatic carbocycles. The van der Waals surface area contributed by atoms with Gasteiger partial charge in [0.1, 0.15) is 0 Å². The van der Waals surface area contributed by atoms with Crippen LogP contribution < -0.4 is 0 Å². The Morgan fingerprint density at radius 3 is 2.31 bits per heavy atom. The highest BCUT2D eigenvalue weighted by molar-refractivity contribution is 7.89. The van der Waals surface area contributed by atoms with Crippen LogP contribution in [0.2, 0.25) is 0 Å². The van der Waals surface area contributed by atoms with E-state index in [-0.39, 0.29) is 11.7 Å². The molecule has 16 heavy (non-hydrogen) atoms. The minimum absolute atomic E-state index is 0.132. The predicted molar refractivity (Wildman–Crippen MR) is 62.4 cm³/mol. The lowest BCUT2D eigenvalue weighted by Crippen LogP contribution is -2.50. The van der Waals surface area contributed by atoms with Gasteiger partial charge in [-0.15, -0.1) is 0 Å². The predicted octanol–water partition coefficient (Wildman–Crippen LogP) is 0.0564. The van der Waals surface area contributed by atoms with Crippen molar-refractivity contribution in [1.82, 2.24) is 9.21 Å². The van der Waals surface area contributed by atoms with E-state index in [0.29, 0.717) is 32.6 Å². The Bertz CT molecular complexity index is 356. The molecule has 0 saturated carbocycles. The zero-order chi connectivity index (χ0) is 12.2. The highest BCUT2D eigenvalue weighted by atomic mass is 32.2. The maximum absolute atomic E-state index is 11.7. The van der Waals surface area contributed by atoms with E-state index in [0.717, 1.165) is 0 Å². The normalized spacial score (nSPS) is 18.4. The second-order valence-corrected chi connectivity index (χ2v) is 5.83. The molecule has 1 aliphatic heterocycles. The Balaban J connectivity index is 2.55. The molecule has 1 rings (SSSR count). The van der Waals surface area contributed by atoms with E-state index in [1.54, 1.807) is 4.90 Å². The monoisotopic (exact) mass is 246 g/mol. The SMILES string of the molecule is C=CC(=O)N1CCN(S(=O)(=O)CCC)CC1. The molecule has 5 nitrogen and oxygen atoms in total. The van der Waals surface area contributed by atoms with Crippen LogP contribution in [0.1, 0.15) is 13.3 Å². The third kappa shape index (κ3) is 3.05. The van der Waals surface area contributed by atoms with Crippen molar-refractivity contribution in [1.29, 1.82) is 0 Å². The molecule has 1 amide bonds. The van der Waals surface area contributed by atoms with Crippen LogP contribution in [0, 0.1) is 0 Å². The molecular weight excluding hydrogens is 228 g/mol.